The standard InChI is InChI=1S/C18H21N9O2S.CH4/c19-11-8-23-27(9-11)17-25-13(10-30-17)15(28)24-12-2-1-5-22-14(12)26-6-3-18(21,4-7-26)16(20)29;/h1-2,5,8-10H,3-4,6-7,19,21H2,(H2,20,29)(H,24,28);1H4. The van der Waals surface area contributed by atoms with E-state index in [2.05, 4.69) is 20.4 Å². The maximum absolute atomic E-state index is 12.7. The third-order valence-corrected chi connectivity index (χ3v) is 5.83. The number of nitrogen functional groups attached to an aromatic ring is 1. The molecule has 4 heterocycles. The van der Waals surface area contributed by atoms with Gasteiger partial charge in [-0.2, -0.15) is 5.10 Å². The summed E-state index contributed by atoms with van der Waals surface area (Å²) in [6.45, 7) is 1.00. The van der Waals surface area contributed by atoms with Crippen molar-refractivity contribution in [3.63, 3.8) is 0 Å². The van der Waals surface area contributed by atoms with E-state index in [4.69, 9.17) is 17.2 Å². The Balaban J connectivity index is 0.00000272. The van der Waals surface area contributed by atoms with E-state index in [1.807, 2.05) is 4.90 Å². The van der Waals surface area contributed by atoms with Crippen LogP contribution in [0.1, 0.15) is 30.8 Å². The molecule has 31 heavy (non-hydrogen) atoms. The van der Waals surface area contributed by atoms with Gasteiger partial charge < -0.3 is 27.4 Å². The van der Waals surface area contributed by atoms with E-state index in [9.17, 15) is 9.59 Å². The summed E-state index contributed by atoms with van der Waals surface area (Å²) in [5.41, 5.74) is 17.5. The van der Waals surface area contributed by atoms with Crippen molar-refractivity contribution in [1.82, 2.24) is 19.7 Å². The summed E-state index contributed by atoms with van der Waals surface area (Å²) in [6.07, 6.45) is 5.60. The maximum Gasteiger partial charge on any atom is 0.275 e. The average molecular weight is 444 g/mol. The molecule has 12 heteroatoms. The molecule has 0 aromatic carbocycles. The second-order valence-corrected chi connectivity index (χ2v) is 7.91. The Labute approximate surface area is 183 Å². The first kappa shape index (κ1) is 22.2. The number of amides is 2. The number of carbonyl (C=O) groups excluding carboxylic acids is 2. The highest BCUT2D eigenvalue weighted by Gasteiger charge is 2.36. The molecule has 11 nitrogen and oxygen atoms in total. The molecule has 7 N–H and O–H groups in total. The number of piperidine rings is 1. The molecule has 1 aliphatic heterocycles. The fourth-order valence-corrected chi connectivity index (χ4v) is 3.95. The van der Waals surface area contributed by atoms with Crippen LogP contribution in [0.2, 0.25) is 0 Å². The predicted molar refractivity (Wildman–Crippen MR) is 120 cm³/mol. The summed E-state index contributed by atoms with van der Waals surface area (Å²) in [5.74, 6) is -0.267. The molecule has 0 bridgehead atoms. The van der Waals surface area contributed by atoms with Crippen molar-refractivity contribution in [2.24, 2.45) is 11.5 Å². The molecule has 0 unspecified atom stereocenters. The lowest BCUT2D eigenvalue weighted by Crippen LogP contribution is -2.58. The van der Waals surface area contributed by atoms with E-state index in [1.165, 1.54) is 22.2 Å². The van der Waals surface area contributed by atoms with Crippen molar-refractivity contribution < 1.29 is 9.59 Å². The molecule has 3 aromatic rings. The Morgan fingerprint density at radius 2 is 2.00 bits per heavy atom. The van der Waals surface area contributed by atoms with Crippen molar-refractivity contribution in [2.75, 3.05) is 29.0 Å². The van der Waals surface area contributed by atoms with Gasteiger partial charge in [-0.05, 0) is 25.0 Å². The summed E-state index contributed by atoms with van der Waals surface area (Å²) in [6, 6.07) is 3.50. The molecule has 0 aliphatic carbocycles. The average Bonchev–Trinajstić information content (AvgIpc) is 3.38. The lowest BCUT2D eigenvalue weighted by molar-refractivity contribution is -0.123. The smallest absolute Gasteiger partial charge is 0.275 e. The van der Waals surface area contributed by atoms with Crippen molar-refractivity contribution in [2.45, 2.75) is 25.8 Å². The van der Waals surface area contributed by atoms with E-state index in [1.54, 1.807) is 29.9 Å². The molecule has 1 saturated heterocycles. The minimum Gasteiger partial charge on any atom is -0.396 e. The summed E-state index contributed by atoms with van der Waals surface area (Å²) < 4.78 is 1.51. The van der Waals surface area contributed by atoms with Gasteiger partial charge in [-0.1, -0.05) is 7.43 Å². The number of nitrogens with one attached hydrogen (secondary N) is 1. The van der Waals surface area contributed by atoms with Crippen LogP contribution in [0.5, 0.6) is 0 Å². The van der Waals surface area contributed by atoms with Crippen molar-refractivity contribution in [3.8, 4) is 5.13 Å². The number of aromatic nitrogens is 4. The van der Waals surface area contributed by atoms with Gasteiger partial charge in [0.1, 0.15) is 5.69 Å². The van der Waals surface area contributed by atoms with Gasteiger partial charge in [-0.15, -0.1) is 11.3 Å². The number of rotatable bonds is 5. The second-order valence-electron chi connectivity index (χ2n) is 7.07. The molecule has 1 aliphatic rings. The SMILES string of the molecule is C.NC(=O)C1(N)CCN(c2ncccc2NC(=O)c2csc(-n3cc(N)cn3)n2)CC1. The summed E-state index contributed by atoms with van der Waals surface area (Å²) >= 11 is 1.28. The van der Waals surface area contributed by atoms with Crippen molar-refractivity contribution in [1.29, 1.82) is 0 Å². The molecule has 1 fully saturated rings. The first-order valence-corrected chi connectivity index (χ1v) is 10.1. The fourth-order valence-electron chi connectivity index (χ4n) is 3.21. The minimum atomic E-state index is -1.01. The van der Waals surface area contributed by atoms with E-state index < -0.39 is 11.4 Å². The molecule has 0 atom stereocenters. The van der Waals surface area contributed by atoms with Crippen LogP contribution in [-0.4, -0.2) is 50.2 Å². The van der Waals surface area contributed by atoms with E-state index in [0.29, 0.717) is 48.3 Å². The van der Waals surface area contributed by atoms with Gasteiger partial charge in [0.25, 0.3) is 5.91 Å². The Morgan fingerprint density at radius 3 is 2.65 bits per heavy atom. The molecule has 3 aromatic heterocycles. The van der Waals surface area contributed by atoms with E-state index >= 15 is 0 Å². The monoisotopic (exact) mass is 443 g/mol. The van der Waals surface area contributed by atoms with Crippen LogP contribution in [0.4, 0.5) is 17.2 Å². The van der Waals surface area contributed by atoms with Crippen LogP contribution in [0.25, 0.3) is 5.13 Å². The van der Waals surface area contributed by atoms with Gasteiger partial charge in [0, 0.05) is 24.7 Å². The zero-order valence-electron chi connectivity index (χ0n) is 16.0. The van der Waals surface area contributed by atoms with Crippen LogP contribution in [0.3, 0.4) is 0 Å². The van der Waals surface area contributed by atoms with Crippen molar-refractivity contribution >= 4 is 40.3 Å². The number of anilines is 3. The highest BCUT2D eigenvalue weighted by Crippen LogP contribution is 2.29. The molecule has 2 amide bonds. The Kier molecular flexibility index (Phi) is 6.22. The number of carbonyl (C=O) groups is 2. The van der Waals surface area contributed by atoms with Gasteiger partial charge >= 0.3 is 0 Å². The molecular weight excluding hydrogens is 418 g/mol. The van der Waals surface area contributed by atoms with E-state index in [-0.39, 0.29) is 19.0 Å². The molecular formula is C19H25N9O2S. The van der Waals surface area contributed by atoms with Gasteiger partial charge in [0.15, 0.2) is 5.82 Å². The highest BCUT2D eigenvalue weighted by atomic mass is 32.1. The van der Waals surface area contributed by atoms with Crippen LogP contribution in [-0.2, 0) is 4.79 Å². The second kappa shape index (κ2) is 8.70. The van der Waals surface area contributed by atoms with Crippen LogP contribution < -0.4 is 27.4 Å². The largest absolute Gasteiger partial charge is 0.396 e. The highest BCUT2D eigenvalue weighted by molar-refractivity contribution is 7.12. The number of pyridine rings is 1. The number of hydrogen-bond acceptors (Lipinski definition) is 9. The fraction of sp³-hybridized carbons (Fsp3) is 0.316. The van der Waals surface area contributed by atoms with Gasteiger partial charge in [-0.3, -0.25) is 9.59 Å². The molecule has 0 spiro atoms. The molecule has 164 valence electrons. The third kappa shape index (κ3) is 4.49. The summed E-state index contributed by atoms with van der Waals surface area (Å²) in [5, 5.41) is 9.13. The molecule has 4 rings (SSSR count). The van der Waals surface area contributed by atoms with Crippen LogP contribution in [0, 0.1) is 0 Å². The van der Waals surface area contributed by atoms with Crippen LogP contribution in [0.15, 0.2) is 36.1 Å². The Morgan fingerprint density at radius 1 is 1.26 bits per heavy atom. The first-order valence-electron chi connectivity index (χ1n) is 9.22. The number of nitrogens with zero attached hydrogens (tertiary/aromatic N) is 5. The van der Waals surface area contributed by atoms with Gasteiger partial charge in [-0.25, -0.2) is 14.6 Å². The zero-order valence-corrected chi connectivity index (χ0v) is 16.8. The lowest BCUT2D eigenvalue weighted by atomic mass is 9.88. The zero-order chi connectivity index (χ0) is 21.3. The Hall–Kier alpha value is -3.51. The quantitative estimate of drug-likeness (QED) is 0.452. The van der Waals surface area contributed by atoms with E-state index in [0.717, 1.165) is 0 Å². The number of hydrogen-bond donors (Lipinski definition) is 4. The van der Waals surface area contributed by atoms with Gasteiger partial charge in [0.2, 0.25) is 11.0 Å². The normalized spacial score (nSPS) is 15.2. The number of nitrogens with two attached hydrogens (primary N) is 3. The maximum atomic E-state index is 12.7. The molecule has 0 saturated carbocycles. The third-order valence-electron chi connectivity index (χ3n) is 5.00. The van der Waals surface area contributed by atoms with Crippen LogP contribution >= 0.6 is 11.3 Å². The topological polar surface area (TPSA) is 171 Å². The van der Waals surface area contributed by atoms with Crippen molar-refractivity contribution in [3.05, 3.63) is 41.8 Å². The van der Waals surface area contributed by atoms with Gasteiger partial charge in [0.05, 0.1) is 29.3 Å². The predicted octanol–water partition coefficient (Wildman–Crippen LogP) is 0.977. The first-order chi connectivity index (χ1) is 14.4. The number of thiazole rings is 1. The molecule has 0 radical (unpaired) electrons. The Bertz CT molecular complexity index is 1090. The minimum absolute atomic E-state index is 0. The lowest BCUT2D eigenvalue weighted by Gasteiger charge is -2.38. The summed E-state index contributed by atoms with van der Waals surface area (Å²) in [7, 11) is 0. The summed E-state index contributed by atoms with van der Waals surface area (Å²) in [4.78, 5) is 35.0. The number of primary amides is 1.